The van der Waals surface area contributed by atoms with Crippen molar-refractivity contribution in [1.29, 1.82) is 0 Å². The SMILES string of the molecule is CO[C@@H]1CN(C)C(=O)c2ccc(NC(=O)Nc3cccc(F)c3)cc2OC[C@H](C)N(C(C)=O)C[C@H]1C. The molecule has 2 aromatic rings. The molecule has 1 aliphatic heterocycles. The van der Waals surface area contributed by atoms with Gasteiger partial charge >= 0.3 is 6.03 Å². The summed E-state index contributed by atoms with van der Waals surface area (Å²) in [4.78, 5) is 41.4. The number of hydrogen-bond donors (Lipinski definition) is 2. The number of anilines is 2. The fourth-order valence-corrected chi connectivity index (χ4v) is 4.15. The topological polar surface area (TPSA) is 100 Å². The average molecular weight is 501 g/mol. The van der Waals surface area contributed by atoms with Crippen LogP contribution < -0.4 is 15.4 Å². The number of carbonyl (C=O) groups is 3. The number of fused-ring (bicyclic) bond motifs is 1. The van der Waals surface area contributed by atoms with Gasteiger partial charge in [0.05, 0.1) is 17.7 Å². The van der Waals surface area contributed by atoms with Gasteiger partial charge in [0.1, 0.15) is 18.2 Å². The van der Waals surface area contributed by atoms with Crippen molar-refractivity contribution in [2.75, 3.05) is 44.5 Å². The number of nitrogens with zero attached hydrogens (tertiary/aromatic N) is 2. The molecule has 1 aliphatic rings. The number of urea groups is 1. The summed E-state index contributed by atoms with van der Waals surface area (Å²) >= 11 is 0. The van der Waals surface area contributed by atoms with Gasteiger partial charge in [-0.2, -0.15) is 0 Å². The minimum absolute atomic E-state index is 0.0151. The fourth-order valence-electron chi connectivity index (χ4n) is 4.15. The molecule has 0 bridgehead atoms. The number of nitrogens with one attached hydrogen (secondary N) is 2. The van der Waals surface area contributed by atoms with Gasteiger partial charge in [-0.1, -0.05) is 13.0 Å². The van der Waals surface area contributed by atoms with Crippen LogP contribution >= 0.6 is 0 Å². The van der Waals surface area contributed by atoms with Gasteiger partial charge in [-0.05, 0) is 37.3 Å². The maximum atomic E-state index is 13.4. The summed E-state index contributed by atoms with van der Waals surface area (Å²) < 4.78 is 25.1. The van der Waals surface area contributed by atoms with E-state index in [1.54, 1.807) is 48.2 Å². The molecule has 3 atom stereocenters. The summed E-state index contributed by atoms with van der Waals surface area (Å²) in [6, 6.07) is 9.41. The maximum Gasteiger partial charge on any atom is 0.323 e. The molecule has 0 saturated heterocycles. The van der Waals surface area contributed by atoms with Crippen LogP contribution in [0, 0.1) is 11.7 Å². The van der Waals surface area contributed by atoms with Crippen LogP contribution in [0.2, 0.25) is 0 Å². The normalized spacial score (nSPS) is 20.9. The van der Waals surface area contributed by atoms with E-state index in [2.05, 4.69) is 10.6 Å². The van der Waals surface area contributed by atoms with Gasteiger partial charge in [0, 0.05) is 57.5 Å². The van der Waals surface area contributed by atoms with Gasteiger partial charge in [-0.15, -0.1) is 0 Å². The molecule has 2 N–H and O–H groups in total. The van der Waals surface area contributed by atoms with Crippen LogP contribution in [0.5, 0.6) is 5.75 Å². The van der Waals surface area contributed by atoms with Crippen molar-refractivity contribution < 1.29 is 28.2 Å². The zero-order chi connectivity index (χ0) is 26.4. The van der Waals surface area contributed by atoms with Gasteiger partial charge in [0.15, 0.2) is 0 Å². The average Bonchev–Trinajstić information content (AvgIpc) is 2.82. The van der Waals surface area contributed by atoms with Crippen molar-refractivity contribution in [1.82, 2.24) is 9.80 Å². The Morgan fingerprint density at radius 2 is 1.78 bits per heavy atom. The number of methoxy groups -OCH3 is 1. The van der Waals surface area contributed by atoms with Crippen molar-refractivity contribution in [2.24, 2.45) is 5.92 Å². The van der Waals surface area contributed by atoms with E-state index in [1.165, 1.54) is 25.1 Å². The lowest BCUT2D eigenvalue weighted by atomic mass is 10.0. The highest BCUT2D eigenvalue weighted by Crippen LogP contribution is 2.27. The summed E-state index contributed by atoms with van der Waals surface area (Å²) in [6.07, 6.45) is -0.274. The summed E-state index contributed by atoms with van der Waals surface area (Å²) in [5.74, 6) is -0.555. The molecular formula is C26H33FN4O5. The zero-order valence-corrected chi connectivity index (χ0v) is 21.2. The molecule has 0 fully saturated rings. The van der Waals surface area contributed by atoms with E-state index in [0.29, 0.717) is 30.0 Å². The van der Waals surface area contributed by atoms with E-state index in [9.17, 15) is 18.8 Å². The third-order valence-corrected chi connectivity index (χ3v) is 6.19. The highest BCUT2D eigenvalue weighted by atomic mass is 19.1. The third-order valence-electron chi connectivity index (χ3n) is 6.19. The van der Waals surface area contributed by atoms with Crippen molar-refractivity contribution >= 4 is 29.2 Å². The molecule has 0 spiro atoms. The van der Waals surface area contributed by atoms with E-state index in [0.717, 1.165) is 0 Å². The first-order chi connectivity index (χ1) is 17.1. The molecule has 3 rings (SSSR count). The third kappa shape index (κ3) is 6.72. The van der Waals surface area contributed by atoms with Crippen LogP contribution in [-0.4, -0.2) is 73.6 Å². The maximum absolute atomic E-state index is 13.4. The van der Waals surface area contributed by atoms with Crippen LogP contribution in [0.25, 0.3) is 0 Å². The first-order valence-electron chi connectivity index (χ1n) is 11.7. The van der Waals surface area contributed by atoms with Gasteiger partial charge in [0.2, 0.25) is 5.91 Å². The predicted octanol–water partition coefficient (Wildman–Crippen LogP) is 3.82. The van der Waals surface area contributed by atoms with E-state index < -0.39 is 11.8 Å². The van der Waals surface area contributed by atoms with E-state index in [1.807, 2.05) is 13.8 Å². The Morgan fingerprint density at radius 1 is 1.08 bits per heavy atom. The molecule has 1 heterocycles. The van der Waals surface area contributed by atoms with Crippen molar-refractivity contribution in [3.8, 4) is 5.75 Å². The highest BCUT2D eigenvalue weighted by molar-refractivity contribution is 6.01. The van der Waals surface area contributed by atoms with Gasteiger partial charge in [0.25, 0.3) is 5.91 Å². The number of ether oxygens (including phenoxy) is 2. The van der Waals surface area contributed by atoms with Crippen LogP contribution in [-0.2, 0) is 9.53 Å². The Hall–Kier alpha value is -3.66. The largest absolute Gasteiger partial charge is 0.491 e. The number of halogens is 1. The summed E-state index contributed by atoms with van der Waals surface area (Å²) in [5.41, 5.74) is 0.995. The summed E-state index contributed by atoms with van der Waals surface area (Å²) in [6.45, 7) is 6.31. The Morgan fingerprint density at radius 3 is 2.42 bits per heavy atom. The number of likely N-dealkylation sites (N-methyl/N-ethyl adjacent to an activating group) is 1. The van der Waals surface area contributed by atoms with Crippen LogP contribution in [0.15, 0.2) is 42.5 Å². The second kappa shape index (κ2) is 11.9. The number of hydrogen-bond acceptors (Lipinski definition) is 5. The molecule has 194 valence electrons. The molecule has 0 unspecified atom stereocenters. The minimum atomic E-state index is -0.579. The molecule has 10 heteroatoms. The van der Waals surface area contributed by atoms with Crippen molar-refractivity contribution in [3.05, 3.63) is 53.8 Å². The quantitative estimate of drug-likeness (QED) is 0.668. The molecule has 2 aromatic carbocycles. The Bertz CT molecular complexity index is 1110. The molecule has 0 aromatic heterocycles. The monoisotopic (exact) mass is 500 g/mol. The number of rotatable bonds is 3. The van der Waals surface area contributed by atoms with Gasteiger partial charge in [-0.25, -0.2) is 9.18 Å². The predicted molar refractivity (Wildman–Crippen MR) is 135 cm³/mol. The minimum Gasteiger partial charge on any atom is -0.491 e. The molecular weight excluding hydrogens is 467 g/mol. The highest BCUT2D eigenvalue weighted by Gasteiger charge is 2.29. The van der Waals surface area contributed by atoms with Crippen molar-refractivity contribution in [3.63, 3.8) is 0 Å². The van der Waals surface area contributed by atoms with Crippen LogP contribution in [0.1, 0.15) is 31.1 Å². The smallest absolute Gasteiger partial charge is 0.323 e. The molecule has 0 radical (unpaired) electrons. The fraction of sp³-hybridized carbons (Fsp3) is 0.423. The van der Waals surface area contributed by atoms with E-state index in [-0.39, 0.29) is 42.2 Å². The zero-order valence-electron chi connectivity index (χ0n) is 21.2. The first kappa shape index (κ1) is 26.9. The van der Waals surface area contributed by atoms with Crippen LogP contribution in [0.4, 0.5) is 20.6 Å². The summed E-state index contributed by atoms with van der Waals surface area (Å²) in [7, 11) is 3.28. The lowest BCUT2D eigenvalue weighted by Crippen LogP contribution is -2.48. The summed E-state index contributed by atoms with van der Waals surface area (Å²) in [5, 5.41) is 5.23. The Balaban J connectivity index is 1.87. The lowest BCUT2D eigenvalue weighted by molar-refractivity contribution is -0.133. The standard InChI is InChI=1S/C26H33FN4O5/c1-16-13-31(18(3)32)17(2)15-36-23-12-21(29-26(34)28-20-8-6-7-19(27)11-20)9-10-22(23)25(33)30(4)14-24(16)35-5/h6-12,16-17,24H,13-15H2,1-5H3,(H2,28,29,34)/t16-,17+,24-/m1/s1. The first-order valence-corrected chi connectivity index (χ1v) is 11.7. The number of benzene rings is 2. The lowest BCUT2D eigenvalue weighted by Gasteiger charge is -2.35. The van der Waals surface area contributed by atoms with Crippen molar-refractivity contribution in [2.45, 2.75) is 32.9 Å². The van der Waals surface area contributed by atoms with Gasteiger partial charge < -0.3 is 29.9 Å². The second-order valence-corrected chi connectivity index (χ2v) is 9.07. The molecule has 0 aliphatic carbocycles. The van der Waals surface area contributed by atoms with Crippen LogP contribution in [0.3, 0.4) is 0 Å². The molecule has 36 heavy (non-hydrogen) atoms. The molecule has 9 nitrogen and oxygen atoms in total. The molecule has 4 amide bonds. The second-order valence-electron chi connectivity index (χ2n) is 9.07. The van der Waals surface area contributed by atoms with Gasteiger partial charge in [-0.3, -0.25) is 9.59 Å². The number of amides is 4. The van der Waals surface area contributed by atoms with E-state index >= 15 is 0 Å². The van der Waals surface area contributed by atoms with E-state index in [4.69, 9.17) is 9.47 Å². The Labute approximate surface area is 210 Å². The number of carbonyl (C=O) groups excluding carboxylic acids is 3. The molecule has 0 saturated carbocycles. The Kier molecular flexibility index (Phi) is 8.87.